The maximum Gasteiger partial charge on any atom is 0.251 e. The van der Waals surface area contributed by atoms with Gasteiger partial charge in [-0.1, -0.05) is 37.3 Å². The number of carbonyl (C=O) groups is 1. The van der Waals surface area contributed by atoms with Crippen molar-refractivity contribution in [3.05, 3.63) is 83.4 Å². The number of benzene rings is 3. The lowest BCUT2D eigenvalue weighted by Crippen LogP contribution is -2.36. The topological polar surface area (TPSA) is 63.3 Å². The summed E-state index contributed by atoms with van der Waals surface area (Å²) in [5.74, 6) is 0.787. The van der Waals surface area contributed by atoms with E-state index in [1.807, 2.05) is 24.3 Å². The molecule has 3 aromatic rings. The Labute approximate surface area is 262 Å². The smallest absolute Gasteiger partial charge is 0.251 e. The third-order valence-corrected chi connectivity index (χ3v) is 8.51. The molecule has 2 heterocycles. The van der Waals surface area contributed by atoms with E-state index in [1.165, 1.54) is 5.56 Å². The molecule has 2 aliphatic rings. The molecule has 1 amide bonds. The van der Waals surface area contributed by atoms with Crippen molar-refractivity contribution in [2.45, 2.75) is 52.1 Å². The van der Waals surface area contributed by atoms with Crippen LogP contribution in [0, 0.1) is 0 Å². The number of hydrogen-bond acceptors (Lipinski definition) is 6. The van der Waals surface area contributed by atoms with E-state index in [2.05, 4.69) is 84.6 Å². The van der Waals surface area contributed by atoms with E-state index in [4.69, 9.17) is 14.2 Å². The second-order valence-corrected chi connectivity index (χ2v) is 11.7. The van der Waals surface area contributed by atoms with Crippen LogP contribution in [0.15, 0.2) is 72.3 Å². The summed E-state index contributed by atoms with van der Waals surface area (Å²) in [7, 11) is 2.18. The van der Waals surface area contributed by atoms with Gasteiger partial charge in [-0.15, -0.1) is 0 Å². The molecule has 44 heavy (non-hydrogen) atoms. The molecule has 0 bridgehead atoms. The van der Waals surface area contributed by atoms with Crippen molar-refractivity contribution in [2.75, 3.05) is 63.4 Å². The molecule has 0 radical (unpaired) electrons. The van der Waals surface area contributed by atoms with Crippen LogP contribution >= 0.6 is 0 Å². The number of ether oxygens (including phenoxy) is 3. The van der Waals surface area contributed by atoms with Crippen molar-refractivity contribution in [3.8, 4) is 16.9 Å². The zero-order valence-electron chi connectivity index (χ0n) is 26.5. The fourth-order valence-corrected chi connectivity index (χ4v) is 5.94. The molecule has 0 spiro atoms. The molecule has 0 aliphatic carbocycles. The number of fused-ring (bicyclic) bond motifs is 1. The molecule has 0 unspecified atom stereocenters. The van der Waals surface area contributed by atoms with Gasteiger partial charge in [-0.2, -0.15) is 0 Å². The number of hydrogen-bond donors (Lipinski definition) is 1. The third kappa shape index (κ3) is 8.50. The van der Waals surface area contributed by atoms with Crippen molar-refractivity contribution in [1.29, 1.82) is 0 Å². The molecule has 7 heteroatoms. The van der Waals surface area contributed by atoms with Crippen molar-refractivity contribution in [2.24, 2.45) is 0 Å². The molecule has 2 aliphatic heterocycles. The maximum atomic E-state index is 13.5. The Balaban J connectivity index is 1.25. The average molecular weight is 598 g/mol. The van der Waals surface area contributed by atoms with Crippen molar-refractivity contribution in [3.63, 3.8) is 0 Å². The molecule has 5 rings (SSSR count). The summed E-state index contributed by atoms with van der Waals surface area (Å²) in [5, 5.41) is 3.15. The first-order valence-electron chi connectivity index (χ1n) is 16.1. The minimum absolute atomic E-state index is 0.0456. The van der Waals surface area contributed by atoms with Gasteiger partial charge in [0.15, 0.2) is 0 Å². The first-order valence-corrected chi connectivity index (χ1v) is 16.1. The van der Waals surface area contributed by atoms with E-state index < -0.39 is 0 Å². The molecule has 0 atom stereocenters. The highest BCUT2D eigenvalue weighted by molar-refractivity contribution is 6.07. The molecular formula is C37H47N3O4. The minimum atomic E-state index is -0.0456. The molecule has 1 N–H and O–H groups in total. The predicted octanol–water partition coefficient (Wildman–Crippen LogP) is 7.02. The van der Waals surface area contributed by atoms with E-state index in [9.17, 15) is 4.79 Å². The standard InChI is InChI=1S/C37H47N3O4/c1-4-20-42-23-24-44-35-13-8-29(9-14-35)30-10-15-36-32(25-30)26-31(16-19-40(36)5-2)37(41)38-33-11-6-28(7-12-33)27-39(3)34-17-21-43-22-18-34/h6-15,25-26,34H,4-5,16-24,27H2,1-3H3,(H,38,41). The second kappa shape index (κ2) is 15.9. The molecule has 234 valence electrons. The quantitative estimate of drug-likeness (QED) is 0.214. The van der Waals surface area contributed by atoms with E-state index in [0.717, 1.165) is 98.1 Å². The Bertz CT molecular complexity index is 1380. The summed E-state index contributed by atoms with van der Waals surface area (Å²) in [6.07, 6.45) is 5.92. The van der Waals surface area contributed by atoms with Crippen LogP contribution in [0.2, 0.25) is 0 Å². The van der Waals surface area contributed by atoms with E-state index in [-0.39, 0.29) is 5.91 Å². The molecular weight excluding hydrogens is 550 g/mol. The molecule has 0 saturated carbocycles. The van der Waals surface area contributed by atoms with E-state index in [0.29, 0.717) is 25.7 Å². The average Bonchev–Trinajstić information content (AvgIpc) is 3.25. The van der Waals surface area contributed by atoms with Crippen LogP contribution < -0.4 is 15.0 Å². The first-order chi connectivity index (χ1) is 21.5. The highest BCUT2D eigenvalue weighted by Crippen LogP contribution is 2.33. The number of nitrogens with one attached hydrogen (secondary N) is 1. The second-order valence-electron chi connectivity index (χ2n) is 11.7. The number of rotatable bonds is 13. The molecule has 0 aromatic heterocycles. The normalized spacial score (nSPS) is 15.5. The van der Waals surface area contributed by atoms with Gasteiger partial charge in [0.1, 0.15) is 12.4 Å². The maximum absolute atomic E-state index is 13.5. The van der Waals surface area contributed by atoms with E-state index in [1.54, 1.807) is 0 Å². The van der Waals surface area contributed by atoms with E-state index >= 15 is 0 Å². The van der Waals surface area contributed by atoms with Gasteiger partial charge in [-0.25, -0.2) is 0 Å². The third-order valence-electron chi connectivity index (χ3n) is 8.51. The largest absolute Gasteiger partial charge is 0.491 e. The SMILES string of the molecule is CCCOCCOc1ccc(-c2ccc3c(c2)C=C(C(=O)Nc2ccc(CN(C)C4CCOCC4)cc2)CCN3CC)cc1. The number of anilines is 2. The zero-order chi connectivity index (χ0) is 30.7. The monoisotopic (exact) mass is 597 g/mol. The Morgan fingerprint density at radius 2 is 1.70 bits per heavy atom. The summed E-state index contributed by atoms with van der Waals surface area (Å²) in [4.78, 5) is 18.2. The summed E-state index contributed by atoms with van der Waals surface area (Å²) < 4.78 is 16.8. The van der Waals surface area contributed by atoms with Gasteiger partial charge in [-0.3, -0.25) is 9.69 Å². The van der Waals surface area contributed by atoms with Crippen LogP contribution in [-0.4, -0.2) is 70.0 Å². The molecule has 1 saturated heterocycles. The Hall–Kier alpha value is -3.65. The molecule has 1 fully saturated rings. The van der Waals surface area contributed by atoms with Crippen molar-refractivity contribution < 1.29 is 19.0 Å². The highest BCUT2D eigenvalue weighted by atomic mass is 16.5. The van der Waals surface area contributed by atoms with Crippen molar-refractivity contribution >= 4 is 23.4 Å². The summed E-state index contributed by atoms with van der Waals surface area (Å²) >= 11 is 0. The van der Waals surface area contributed by atoms with Crippen LogP contribution in [-0.2, 0) is 20.8 Å². The van der Waals surface area contributed by atoms with Crippen LogP contribution in [0.25, 0.3) is 17.2 Å². The lowest BCUT2D eigenvalue weighted by Gasteiger charge is -2.31. The van der Waals surface area contributed by atoms with Crippen LogP contribution in [0.3, 0.4) is 0 Å². The van der Waals surface area contributed by atoms with Gasteiger partial charge in [0.05, 0.1) is 6.61 Å². The Kier molecular flexibility index (Phi) is 11.5. The van der Waals surface area contributed by atoms with Gasteiger partial charge in [-0.05, 0) is 104 Å². The lowest BCUT2D eigenvalue weighted by atomic mass is 10.00. The van der Waals surface area contributed by atoms with Gasteiger partial charge < -0.3 is 24.4 Å². The summed E-state index contributed by atoms with van der Waals surface area (Å²) in [5.41, 5.74) is 7.28. The zero-order valence-corrected chi connectivity index (χ0v) is 26.5. The summed E-state index contributed by atoms with van der Waals surface area (Å²) in [6, 6.07) is 23.5. The van der Waals surface area contributed by atoms with Gasteiger partial charge in [0.25, 0.3) is 5.91 Å². The van der Waals surface area contributed by atoms with Gasteiger partial charge in [0, 0.05) is 62.4 Å². The van der Waals surface area contributed by atoms with Crippen LogP contribution in [0.5, 0.6) is 5.75 Å². The number of nitrogens with zero attached hydrogens (tertiary/aromatic N) is 2. The Morgan fingerprint density at radius 3 is 2.43 bits per heavy atom. The number of amides is 1. The predicted molar refractivity (Wildman–Crippen MR) is 179 cm³/mol. The van der Waals surface area contributed by atoms with Gasteiger partial charge in [0.2, 0.25) is 0 Å². The fourth-order valence-electron chi connectivity index (χ4n) is 5.94. The molecule has 7 nitrogen and oxygen atoms in total. The number of carbonyl (C=O) groups excluding carboxylic acids is 1. The van der Waals surface area contributed by atoms with Crippen LogP contribution in [0.4, 0.5) is 11.4 Å². The van der Waals surface area contributed by atoms with Crippen LogP contribution in [0.1, 0.15) is 50.7 Å². The molecule has 3 aromatic carbocycles. The fraction of sp³-hybridized carbons (Fsp3) is 0.432. The first kappa shape index (κ1) is 31.8. The minimum Gasteiger partial charge on any atom is -0.491 e. The lowest BCUT2D eigenvalue weighted by molar-refractivity contribution is -0.112. The Morgan fingerprint density at radius 1 is 0.955 bits per heavy atom. The van der Waals surface area contributed by atoms with Crippen molar-refractivity contribution in [1.82, 2.24) is 4.90 Å². The summed E-state index contributed by atoms with van der Waals surface area (Å²) in [6.45, 7) is 10.4. The highest BCUT2D eigenvalue weighted by Gasteiger charge is 2.20. The van der Waals surface area contributed by atoms with Gasteiger partial charge >= 0.3 is 0 Å².